The minimum Gasteiger partial charge on any atom is -0.632 e. The Labute approximate surface area is 122 Å². The lowest BCUT2D eigenvalue weighted by Crippen LogP contribution is -2.56. The molecule has 2 fully saturated rings. The van der Waals surface area contributed by atoms with Crippen LogP contribution in [0.1, 0.15) is 23.3 Å². The summed E-state index contributed by atoms with van der Waals surface area (Å²) in [5.41, 5.74) is 0.365. The number of aliphatic hydroxyl groups is 2. The predicted octanol–water partition coefficient (Wildman–Crippen LogP) is -0.239. The lowest BCUT2D eigenvalue weighted by atomic mass is 9.99. The molecule has 7 nitrogen and oxygen atoms in total. The number of aryl methyl sites for hydroxylation is 1. The number of quaternary nitrogens is 1. The summed E-state index contributed by atoms with van der Waals surface area (Å²) in [6, 6.07) is 2.07. The molecule has 0 amide bonds. The van der Waals surface area contributed by atoms with Crippen LogP contribution < -0.4 is 0 Å². The van der Waals surface area contributed by atoms with Crippen LogP contribution in [-0.4, -0.2) is 62.8 Å². The number of piperidine rings is 1. The number of carbonyl (C=O) groups is 1. The van der Waals surface area contributed by atoms with E-state index in [-0.39, 0.29) is 12.8 Å². The van der Waals surface area contributed by atoms with Crippen molar-refractivity contribution >= 4 is 5.97 Å². The maximum Gasteiger partial charge on any atom is 0.355 e. The van der Waals surface area contributed by atoms with E-state index in [0.717, 1.165) is 0 Å². The molecule has 3 rings (SSSR count). The third-order valence-electron chi connectivity index (χ3n) is 4.85. The molecule has 0 radical (unpaired) electrons. The lowest BCUT2D eigenvalue weighted by molar-refractivity contribution is -0.906. The molecule has 0 aliphatic carbocycles. The van der Waals surface area contributed by atoms with Gasteiger partial charge in [0, 0.05) is 26.1 Å². The fourth-order valence-electron chi connectivity index (χ4n) is 3.64. The first-order chi connectivity index (χ1) is 9.82. The summed E-state index contributed by atoms with van der Waals surface area (Å²) < 4.78 is 6.37. The molecule has 1 aromatic heterocycles. The molecular weight excluding hydrogens is 276 g/mol. The smallest absolute Gasteiger partial charge is 0.355 e. The summed E-state index contributed by atoms with van der Waals surface area (Å²) in [7, 11) is 3.19. The van der Waals surface area contributed by atoms with Crippen LogP contribution in [0.2, 0.25) is 0 Å². The molecule has 0 saturated carbocycles. The third-order valence-corrected chi connectivity index (χ3v) is 4.85. The normalized spacial score (nSPS) is 42.0. The minimum atomic E-state index is -1.04. The summed E-state index contributed by atoms with van der Waals surface area (Å²) in [4.78, 5) is 12.2. The number of ether oxygens (including phenoxy) is 1. The Morgan fingerprint density at radius 1 is 1.43 bits per heavy atom. The predicted molar refractivity (Wildman–Crippen MR) is 73.0 cm³/mol. The third kappa shape index (κ3) is 2.17. The van der Waals surface area contributed by atoms with Crippen molar-refractivity contribution in [3.05, 3.63) is 29.2 Å². The van der Waals surface area contributed by atoms with Gasteiger partial charge in [0.25, 0.3) is 0 Å². The summed E-state index contributed by atoms with van der Waals surface area (Å²) in [5.74, 6) is -0.561. The largest absolute Gasteiger partial charge is 0.632 e. The van der Waals surface area contributed by atoms with E-state index in [1.54, 1.807) is 29.9 Å². The van der Waals surface area contributed by atoms with E-state index >= 15 is 0 Å². The van der Waals surface area contributed by atoms with Crippen molar-refractivity contribution in [1.82, 2.24) is 4.57 Å². The second-order valence-corrected chi connectivity index (χ2v) is 6.18. The first kappa shape index (κ1) is 14.5. The zero-order chi connectivity index (χ0) is 15.4. The Kier molecular flexibility index (Phi) is 3.32. The Balaban J connectivity index is 1.83. The molecule has 2 aliphatic rings. The van der Waals surface area contributed by atoms with Gasteiger partial charge >= 0.3 is 5.97 Å². The van der Waals surface area contributed by atoms with Crippen LogP contribution in [0.5, 0.6) is 0 Å². The van der Waals surface area contributed by atoms with E-state index < -0.39 is 41.0 Å². The van der Waals surface area contributed by atoms with Crippen LogP contribution in [0.15, 0.2) is 18.3 Å². The number of likely N-dealkylation sites (N-methyl/N-ethyl adjacent to an activating group) is 1. The highest BCUT2D eigenvalue weighted by molar-refractivity contribution is 5.87. The highest BCUT2D eigenvalue weighted by Gasteiger charge is 2.60. The number of carbonyl (C=O) groups excluding carboxylic acids is 1. The molecular formula is C14H20N2O5. The zero-order valence-electron chi connectivity index (χ0n) is 12.0. The molecule has 2 aliphatic heterocycles. The van der Waals surface area contributed by atoms with Crippen LogP contribution in [0, 0.1) is 5.21 Å². The van der Waals surface area contributed by atoms with Gasteiger partial charge < -0.3 is 29.4 Å². The second kappa shape index (κ2) is 4.81. The van der Waals surface area contributed by atoms with Gasteiger partial charge in [-0.05, 0) is 12.1 Å². The Morgan fingerprint density at radius 2 is 2.10 bits per heavy atom. The molecule has 1 aromatic rings. The fourth-order valence-corrected chi connectivity index (χ4v) is 3.64. The van der Waals surface area contributed by atoms with Gasteiger partial charge in [-0.2, -0.15) is 0 Å². The van der Waals surface area contributed by atoms with Crippen LogP contribution in [0.25, 0.3) is 0 Å². The van der Waals surface area contributed by atoms with E-state index in [1.165, 1.54) is 7.05 Å². The minimum absolute atomic E-state index is 0.232. The highest BCUT2D eigenvalue weighted by atomic mass is 16.6. The Morgan fingerprint density at radius 3 is 2.71 bits per heavy atom. The standard InChI is InChI=1S/C14H20N2O5/c1-15-5-3-4-9(15)14(19)21-13-11-7-8(17)6-10(12(13)18)16(11,2)20/h3-5,8,10-13,17-18H,6-7H2,1-2H3/t8-,10-,11+,12+,13+,16?/m0/s1. The van der Waals surface area contributed by atoms with Gasteiger partial charge in [0.05, 0.1) is 13.2 Å². The van der Waals surface area contributed by atoms with E-state index in [4.69, 9.17) is 4.74 Å². The molecule has 0 aromatic carbocycles. The van der Waals surface area contributed by atoms with Crippen LogP contribution >= 0.6 is 0 Å². The average Bonchev–Trinajstić information content (AvgIpc) is 2.85. The molecule has 1 unspecified atom stereocenters. The van der Waals surface area contributed by atoms with Crippen molar-refractivity contribution in [1.29, 1.82) is 0 Å². The van der Waals surface area contributed by atoms with E-state index in [0.29, 0.717) is 5.69 Å². The first-order valence-electron chi connectivity index (χ1n) is 7.07. The molecule has 2 saturated heterocycles. The molecule has 116 valence electrons. The van der Waals surface area contributed by atoms with Crippen LogP contribution in [0.3, 0.4) is 0 Å². The molecule has 3 heterocycles. The monoisotopic (exact) mass is 296 g/mol. The number of hydrogen-bond acceptors (Lipinski definition) is 5. The highest BCUT2D eigenvalue weighted by Crippen LogP contribution is 2.42. The molecule has 2 N–H and O–H groups in total. The summed E-state index contributed by atoms with van der Waals surface area (Å²) in [6.45, 7) is 0. The average molecular weight is 296 g/mol. The fraction of sp³-hybridized carbons (Fsp3) is 0.643. The molecule has 2 bridgehead atoms. The molecule has 0 spiro atoms. The van der Waals surface area contributed by atoms with Crippen LogP contribution in [-0.2, 0) is 11.8 Å². The lowest BCUT2D eigenvalue weighted by Gasteiger charge is -2.49. The van der Waals surface area contributed by atoms with Gasteiger partial charge in [-0.15, -0.1) is 0 Å². The quantitative estimate of drug-likeness (QED) is 0.446. The maximum atomic E-state index is 12.6. The van der Waals surface area contributed by atoms with E-state index in [9.17, 15) is 20.2 Å². The van der Waals surface area contributed by atoms with Gasteiger partial charge in [0.1, 0.15) is 23.9 Å². The van der Waals surface area contributed by atoms with Crippen molar-refractivity contribution in [2.24, 2.45) is 7.05 Å². The van der Waals surface area contributed by atoms with Crippen molar-refractivity contribution in [3.8, 4) is 0 Å². The van der Waals surface area contributed by atoms with Crippen molar-refractivity contribution in [2.45, 2.75) is 43.2 Å². The van der Waals surface area contributed by atoms with Gasteiger partial charge in [-0.3, -0.25) is 0 Å². The summed E-state index contributed by atoms with van der Waals surface area (Å²) >= 11 is 0. The zero-order valence-corrected chi connectivity index (χ0v) is 12.0. The number of rotatable bonds is 2. The van der Waals surface area contributed by atoms with Crippen molar-refractivity contribution in [2.75, 3.05) is 7.05 Å². The number of hydroxylamine groups is 3. The number of esters is 1. The SMILES string of the molecule is Cn1cccc1C(=O)O[C@H]1[C@H](O)[C@@H]2C[C@H](O)C[C@H]1[N+]2(C)[O-]. The summed E-state index contributed by atoms with van der Waals surface area (Å²) in [6.07, 6.45) is -0.365. The Bertz CT molecular complexity index is 555. The van der Waals surface area contributed by atoms with Crippen molar-refractivity contribution in [3.63, 3.8) is 0 Å². The van der Waals surface area contributed by atoms with Gasteiger partial charge in [0.2, 0.25) is 0 Å². The number of hydrogen-bond donors (Lipinski definition) is 2. The van der Waals surface area contributed by atoms with Gasteiger partial charge in [0.15, 0.2) is 6.10 Å². The number of fused-ring (bicyclic) bond motifs is 2. The van der Waals surface area contributed by atoms with Gasteiger partial charge in [-0.1, -0.05) is 0 Å². The topological polar surface area (TPSA) is 94.8 Å². The summed E-state index contributed by atoms with van der Waals surface area (Å²) in [5, 5.41) is 32.8. The van der Waals surface area contributed by atoms with E-state index in [1.807, 2.05) is 0 Å². The van der Waals surface area contributed by atoms with Gasteiger partial charge in [-0.25, -0.2) is 4.79 Å². The van der Waals surface area contributed by atoms with E-state index in [2.05, 4.69) is 0 Å². The first-order valence-corrected chi connectivity index (χ1v) is 7.07. The number of aliphatic hydroxyl groups excluding tert-OH is 2. The Hall–Kier alpha value is -1.41. The van der Waals surface area contributed by atoms with Crippen LogP contribution in [0.4, 0.5) is 0 Å². The molecule has 6 atom stereocenters. The van der Waals surface area contributed by atoms with Crippen molar-refractivity contribution < 1.29 is 24.4 Å². The second-order valence-electron chi connectivity index (χ2n) is 6.18. The molecule has 7 heteroatoms. The number of aromatic nitrogens is 1. The maximum absolute atomic E-state index is 12.6. The molecule has 21 heavy (non-hydrogen) atoms. The number of nitrogens with zero attached hydrogens (tertiary/aromatic N) is 2.